The van der Waals surface area contributed by atoms with Crippen LogP contribution in [-0.2, 0) is 14.8 Å². The summed E-state index contributed by atoms with van der Waals surface area (Å²) in [6.07, 6.45) is 18.6. The van der Waals surface area contributed by atoms with Crippen molar-refractivity contribution in [1.82, 2.24) is 4.72 Å². The monoisotopic (exact) mass is 425 g/mol. The molecule has 0 heterocycles. The third-order valence-corrected chi connectivity index (χ3v) is 8.97. The topological polar surface area (TPSA) is 83.5 Å². The van der Waals surface area contributed by atoms with E-state index in [1.165, 1.54) is 44.9 Å². The van der Waals surface area contributed by atoms with Gasteiger partial charge in [0.25, 0.3) is 0 Å². The number of allylic oxidation sites excluding steroid dienone is 2. The van der Waals surface area contributed by atoms with Gasteiger partial charge in [-0.1, -0.05) is 44.3 Å². The quantitative estimate of drug-likeness (QED) is 0.365. The summed E-state index contributed by atoms with van der Waals surface area (Å²) in [6.45, 7) is 0. The highest BCUT2D eigenvalue weighted by Gasteiger charge is 2.44. The zero-order chi connectivity index (χ0) is 20.7. The second-order valence-corrected chi connectivity index (χ2v) is 11.5. The second-order valence-electron chi connectivity index (χ2n) is 9.59. The van der Waals surface area contributed by atoms with Crippen LogP contribution >= 0.6 is 0 Å². The van der Waals surface area contributed by atoms with Crippen LogP contribution in [0.5, 0.6) is 0 Å². The lowest BCUT2D eigenvalue weighted by Crippen LogP contribution is -2.53. The number of aliphatic carboxylic acids is 1. The van der Waals surface area contributed by atoms with E-state index >= 15 is 0 Å². The second kappa shape index (κ2) is 10.9. The summed E-state index contributed by atoms with van der Waals surface area (Å²) in [4.78, 5) is 10.6. The first-order valence-corrected chi connectivity index (χ1v) is 13.5. The molecule has 0 saturated heterocycles. The van der Waals surface area contributed by atoms with E-state index in [1.54, 1.807) is 0 Å². The lowest BCUT2D eigenvalue weighted by Gasteiger charge is -2.48. The molecular weight excluding hydrogens is 386 g/mol. The number of rotatable bonds is 11. The number of carboxylic acids is 1. The number of sulfonamides is 1. The van der Waals surface area contributed by atoms with Crippen molar-refractivity contribution in [2.45, 2.75) is 95.9 Å². The van der Waals surface area contributed by atoms with E-state index in [0.717, 1.165) is 32.1 Å². The Morgan fingerprint density at radius 2 is 1.66 bits per heavy atom. The largest absolute Gasteiger partial charge is 0.481 e. The summed E-state index contributed by atoms with van der Waals surface area (Å²) in [7, 11) is -3.22. The molecule has 5 nitrogen and oxygen atoms in total. The smallest absolute Gasteiger partial charge is 0.303 e. The number of nitrogens with one attached hydrogen (secondary N) is 1. The van der Waals surface area contributed by atoms with Crippen molar-refractivity contribution in [2.75, 3.05) is 5.75 Å². The summed E-state index contributed by atoms with van der Waals surface area (Å²) >= 11 is 0. The standard InChI is InChI=1S/C23H39NO4S/c25-22(26)11-7-2-1-6-10-21-19-12-14-20(15-13-19)23(21)24-29(27,28)17-16-18-8-4-3-5-9-18/h1,6,18-21,23-24H,2-5,7-17H2,(H,25,26)/b6-1+. The molecule has 0 spiro atoms. The molecule has 0 aromatic carbocycles. The van der Waals surface area contributed by atoms with Crippen LogP contribution in [0.25, 0.3) is 0 Å². The first-order chi connectivity index (χ1) is 13.9. The van der Waals surface area contributed by atoms with Gasteiger partial charge in [-0.05, 0) is 75.0 Å². The van der Waals surface area contributed by atoms with E-state index in [2.05, 4.69) is 16.9 Å². The van der Waals surface area contributed by atoms with Gasteiger partial charge in [0.2, 0.25) is 10.0 Å². The minimum Gasteiger partial charge on any atom is -0.481 e. The van der Waals surface area contributed by atoms with Gasteiger partial charge in [-0.25, -0.2) is 13.1 Å². The maximum atomic E-state index is 12.9. The lowest BCUT2D eigenvalue weighted by molar-refractivity contribution is -0.137. The SMILES string of the molecule is O=C(O)CCC/C=C/CC1C2CCC(CC2)C1NS(=O)(=O)CCC1CCCCC1. The minimum atomic E-state index is -3.22. The Balaban J connectivity index is 1.52. The molecule has 4 fully saturated rings. The average molecular weight is 426 g/mol. The van der Waals surface area contributed by atoms with Gasteiger partial charge in [-0.15, -0.1) is 0 Å². The summed E-state index contributed by atoms with van der Waals surface area (Å²) < 4.78 is 28.9. The van der Waals surface area contributed by atoms with E-state index in [-0.39, 0.29) is 18.2 Å². The molecule has 2 atom stereocenters. The molecule has 0 aliphatic heterocycles. The molecule has 2 bridgehead atoms. The molecule has 0 aromatic heterocycles. The molecule has 6 heteroatoms. The van der Waals surface area contributed by atoms with Crippen LogP contribution in [0, 0.1) is 23.7 Å². The summed E-state index contributed by atoms with van der Waals surface area (Å²) in [5.41, 5.74) is 0. The van der Waals surface area contributed by atoms with E-state index in [0.29, 0.717) is 30.1 Å². The van der Waals surface area contributed by atoms with Crippen molar-refractivity contribution >= 4 is 16.0 Å². The Morgan fingerprint density at radius 3 is 2.34 bits per heavy atom. The predicted molar refractivity (Wildman–Crippen MR) is 116 cm³/mol. The molecule has 0 amide bonds. The van der Waals surface area contributed by atoms with Crippen molar-refractivity contribution in [1.29, 1.82) is 0 Å². The van der Waals surface area contributed by atoms with Gasteiger partial charge in [-0.3, -0.25) is 4.79 Å². The third-order valence-electron chi connectivity index (χ3n) is 7.56. The highest BCUT2D eigenvalue weighted by molar-refractivity contribution is 7.89. The van der Waals surface area contributed by atoms with Crippen LogP contribution in [-0.4, -0.2) is 31.3 Å². The van der Waals surface area contributed by atoms with Crippen LogP contribution in [0.1, 0.15) is 89.9 Å². The Morgan fingerprint density at radius 1 is 0.966 bits per heavy atom. The number of hydrogen-bond acceptors (Lipinski definition) is 3. The number of carboxylic acid groups (broad SMARTS) is 1. The molecule has 0 radical (unpaired) electrons. The maximum Gasteiger partial charge on any atom is 0.303 e. The molecule has 4 rings (SSSR count). The Labute approximate surface area is 176 Å². The van der Waals surface area contributed by atoms with Gasteiger partial charge in [0.1, 0.15) is 0 Å². The fourth-order valence-electron chi connectivity index (χ4n) is 5.90. The van der Waals surface area contributed by atoms with Crippen molar-refractivity contribution in [3.05, 3.63) is 12.2 Å². The van der Waals surface area contributed by atoms with Gasteiger partial charge < -0.3 is 5.11 Å². The van der Waals surface area contributed by atoms with Crippen LogP contribution in [0.15, 0.2) is 12.2 Å². The Bertz CT molecular complexity index is 646. The minimum absolute atomic E-state index is 0.0857. The van der Waals surface area contributed by atoms with Gasteiger partial charge in [-0.2, -0.15) is 0 Å². The predicted octanol–water partition coefficient (Wildman–Crippen LogP) is 4.88. The number of hydrogen-bond donors (Lipinski definition) is 2. The Kier molecular flexibility index (Phi) is 8.60. The number of fused-ring (bicyclic) bond motifs is 3. The summed E-state index contributed by atoms with van der Waals surface area (Å²) in [6, 6.07) is 0.0857. The zero-order valence-corrected chi connectivity index (χ0v) is 18.5. The first-order valence-electron chi connectivity index (χ1n) is 11.8. The fourth-order valence-corrected chi connectivity index (χ4v) is 7.45. The van der Waals surface area contributed by atoms with Crippen molar-refractivity contribution in [3.63, 3.8) is 0 Å². The highest BCUT2D eigenvalue weighted by atomic mass is 32.2. The lowest BCUT2D eigenvalue weighted by atomic mass is 9.61. The van der Waals surface area contributed by atoms with Gasteiger partial charge in [0.15, 0.2) is 0 Å². The van der Waals surface area contributed by atoms with E-state index in [4.69, 9.17) is 5.11 Å². The van der Waals surface area contributed by atoms with Crippen LogP contribution in [0.4, 0.5) is 0 Å². The zero-order valence-electron chi connectivity index (χ0n) is 17.7. The molecule has 4 aliphatic rings. The van der Waals surface area contributed by atoms with Crippen molar-refractivity contribution in [2.24, 2.45) is 23.7 Å². The van der Waals surface area contributed by atoms with E-state index in [1.807, 2.05) is 0 Å². The molecule has 166 valence electrons. The molecular formula is C23H39NO4S. The summed E-state index contributed by atoms with van der Waals surface area (Å²) in [5.74, 6) is 1.62. The molecule has 29 heavy (non-hydrogen) atoms. The first kappa shape index (κ1) is 22.8. The highest BCUT2D eigenvalue weighted by Crippen LogP contribution is 2.47. The molecule has 2 N–H and O–H groups in total. The fraction of sp³-hybridized carbons (Fsp3) is 0.870. The van der Waals surface area contributed by atoms with Crippen LogP contribution in [0.3, 0.4) is 0 Å². The summed E-state index contributed by atoms with van der Waals surface area (Å²) in [5, 5.41) is 8.73. The third kappa shape index (κ3) is 7.09. The normalized spacial score (nSPS) is 30.8. The number of unbranched alkanes of at least 4 members (excludes halogenated alkanes) is 1. The molecule has 4 aliphatic carbocycles. The molecule has 0 aromatic rings. The average Bonchev–Trinajstić information content (AvgIpc) is 2.71. The molecule has 4 saturated carbocycles. The van der Waals surface area contributed by atoms with Gasteiger partial charge >= 0.3 is 5.97 Å². The maximum absolute atomic E-state index is 12.9. The van der Waals surface area contributed by atoms with Gasteiger partial charge in [0.05, 0.1) is 5.75 Å². The van der Waals surface area contributed by atoms with Gasteiger partial charge in [0, 0.05) is 12.5 Å². The Hall–Kier alpha value is -0.880. The van der Waals surface area contributed by atoms with Crippen molar-refractivity contribution in [3.8, 4) is 0 Å². The van der Waals surface area contributed by atoms with E-state index < -0.39 is 16.0 Å². The van der Waals surface area contributed by atoms with E-state index in [9.17, 15) is 13.2 Å². The molecule has 2 unspecified atom stereocenters. The van der Waals surface area contributed by atoms with Crippen molar-refractivity contribution < 1.29 is 18.3 Å². The number of carbonyl (C=O) groups is 1. The van der Waals surface area contributed by atoms with Crippen LogP contribution < -0.4 is 4.72 Å². The van der Waals surface area contributed by atoms with Crippen LogP contribution in [0.2, 0.25) is 0 Å².